The number of pyridine rings is 1. The fraction of sp³-hybridized carbons (Fsp3) is 0.100. The molecule has 198 valence electrons. The van der Waals surface area contributed by atoms with Crippen molar-refractivity contribution in [1.29, 1.82) is 0 Å². The number of alkyl halides is 6. The van der Waals surface area contributed by atoms with Crippen molar-refractivity contribution in [3.05, 3.63) is 119 Å². The zero-order chi connectivity index (χ0) is 27.8. The lowest BCUT2D eigenvalue weighted by molar-refractivity contribution is -0.138. The fourth-order valence-electron chi connectivity index (χ4n) is 4.41. The van der Waals surface area contributed by atoms with Gasteiger partial charge in [0.25, 0.3) is 0 Å². The van der Waals surface area contributed by atoms with Crippen LogP contribution in [0.4, 0.5) is 26.3 Å². The minimum absolute atomic E-state index is 0.144. The monoisotopic (exact) mass is 557 g/mol. The maximum atomic E-state index is 13.8. The molecule has 9 heteroatoms. The average molecular weight is 558 g/mol. The van der Waals surface area contributed by atoms with Crippen molar-refractivity contribution in [3.63, 3.8) is 0 Å². The standard InChI is InChI=1S/C30H18ClF6NO/c31-27-20(10-5-13-24(27)29(32,33)34)17-39-21-11-4-9-19(15-21)26-22-12-6-14-25(30(35,36)37)28(22)38-16-23(26)18-7-2-1-3-8-18/h1-16H,17H2. The Labute approximate surface area is 224 Å². The summed E-state index contributed by atoms with van der Waals surface area (Å²) in [6, 6.07) is 23.2. The first-order chi connectivity index (χ1) is 18.5. The molecule has 0 saturated heterocycles. The van der Waals surface area contributed by atoms with Crippen LogP contribution in [0.1, 0.15) is 16.7 Å². The molecule has 5 aromatic rings. The number of rotatable bonds is 5. The van der Waals surface area contributed by atoms with Gasteiger partial charge in [-0.25, -0.2) is 0 Å². The quantitative estimate of drug-likeness (QED) is 0.201. The van der Waals surface area contributed by atoms with Crippen LogP contribution < -0.4 is 4.74 Å². The number of ether oxygens (including phenoxy) is 1. The largest absolute Gasteiger partial charge is 0.489 e. The molecule has 0 saturated carbocycles. The molecule has 1 heterocycles. The summed E-state index contributed by atoms with van der Waals surface area (Å²) in [5, 5.41) is -0.156. The van der Waals surface area contributed by atoms with Gasteiger partial charge in [0, 0.05) is 28.3 Å². The molecule has 0 aliphatic heterocycles. The van der Waals surface area contributed by atoms with Crippen LogP contribution in [0.2, 0.25) is 5.02 Å². The summed E-state index contributed by atoms with van der Waals surface area (Å²) in [6.07, 6.45) is -7.80. The Kier molecular flexibility index (Phi) is 6.99. The van der Waals surface area contributed by atoms with E-state index in [2.05, 4.69) is 4.98 Å². The van der Waals surface area contributed by atoms with E-state index in [4.69, 9.17) is 16.3 Å². The highest BCUT2D eigenvalue weighted by Crippen LogP contribution is 2.42. The number of nitrogens with zero attached hydrogens (tertiary/aromatic N) is 1. The summed E-state index contributed by atoms with van der Waals surface area (Å²) in [5.41, 5.74) is 0.561. The van der Waals surface area contributed by atoms with Crippen LogP contribution >= 0.6 is 11.6 Å². The van der Waals surface area contributed by atoms with E-state index in [-0.39, 0.29) is 17.7 Å². The number of para-hydroxylation sites is 1. The highest BCUT2D eigenvalue weighted by molar-refractivity contribution is 6.32. The highest BCUT2D eigenvalue weighted by Gasteiger charge is 2.34. The minimum atomic E-state index is -4.61. The third-order valence-electron chi connectivity index (χ3n) is 6.19. The van der Waals surface area contributed by atoms with Crippen molar-refractivity contribution >= 4 is 22.5 Å². The maximum absolute atomic E-state index is 13.8. The van der Waals surface area contributed by atoms with E-state index in [0.29, 0.717) is 27.8 Å². The molecule has 0 aliphatic carbocycles. The first-order valence-electron chi connectivity index (χ1n) is 11.7. The predicted octanol–water partition coefficient (Wildman–Crippen LogP) is 9.84. The van der Waals surface area contributed by atoms with Gasteiger partial charge in [0.05, 0.1) is 21.7 Å². The lowest BCUT2D eigenvalue weighted by atomic mass is 9.91. The van der Waals surface area contributed by atoms with E-state index in [1.54, 1.807) is 30.3 Å². The lowest BCUT2D eigenvalue weighted by Crippen LogP contribution is -2.08. The van der Waals surface area contributed by atoms with Gasteiger partial charge in [0.2, 0.25) is 0 Å². The molecule has 0 fully saturated rings. The fourth-order valence-corrected chi connectivity index (χ4v) is 4.70. The molecule has 0 atom stereocenters. The van der Waals surface area contributed by atoms with Crippen LogP contribution in [0.5, 0.6) is 5.75 Å². The van der Waals surface area contributed by atoms with Crippen molar-refractivity contribution in [2.24, 2.45) is 0 Å². The Morgan fingerprint density at radius 1 is 0.692 bits per heavy atom. The smallest absolute Gasteiger partial charge is 0.418 e. The second-order valence-corrected chi connectivity index (χ2v) is 9.08. The summed E-state index contributed by atoms with van der Waals surface area (Å²) in [7, 11) is 0. The molecule has 0 aliphatic rings. The van der Waals surface area contributed by atoms with Gasteiger partial charge in [0.15, 0.2) is 0 Å². The van der Waals surface area contributed by atoms with Gasteiger partial charge < -0.3 is 4.74 Å². The molecule has 4 aromatic carbocycles. The topological polar surface area (TPSA) is 22.1 Å². The van der Waals surface area contributed by atoms with E-state index in [1.807, 2.05) is 30.3 Å². The predicted molar refractivity (Wildman–Crippen MR) is 138 cm³/mol. The average Bonchev–Trinajstić information content (AvgIpc) is 2.91. The Morgan fingerprint density at radius 2 is 1.33 bits per heavy atom. The van der Waals surface area contributed by atoms with Crippen molar-refractivity contribution in [3.8, 4) is 28.0 Å². The van der Waals surface area contributed by atoms with Crippen LogP contribution in [-0.2, 0) is 19.0 Å². The highest BCUT2D eigenvalue weighted by atomic mass is 35.5. The molecule has 39 heavy (non-hydrogen) atoms. The number of benzene rings is 4. The SMILES string of the molecule is FC(F)(F)c1cccc(COc2cccc(-c3c(-c4ccccc4)cnc4c(C(F)(F)F)cccc34)c2)c1Cl. The van der Waals surface area contributed by atoms with Crippen LogP contribution in [-0.4, -0.2) is 4.98 Å². The molecule has 1 aromatic heterocycles. The van der Waals surface area contributed by atoms with Crippen molar-refractivity contribution in [2.45, 2.75) is 19.0 Å². The summed E-state index contributed by atoms with van der Waals surface area (Å²) >= 11 is 5.99. The van der Waals surface area contributed by atoms with E-state index >= 15 is 0 Å². The minimum Gasteiger partial charge on any atom is -0.489 e. The number of hydrogen-bond donors (Lipinski definition) is 0. The molecule has 5 rings (SSSR count). The van der Waals surface area contributed by atoms with Gasteiger partial charge in [-0.2, -0.15) is 26.3 Å². The lowest BCUT2D eigenvalue weighted by Gasteiger charge is -2.17. The van der Waals surface area contributed by atoms with Crippen LogP contribution in [0.15, 0.2) is 97.2 Å². The number of halogens is 7. The van der Waals surface area contributed by atoms with Gasteiger partial charge >= 0.3 is 12.4 Å². The Hall–Kier alpha value is -4.04. The van der Waals surface area contributed by atoms with E-state index in [0.717, 1.165) is 17.7 Å². The maximum Gasteiger partial charge on any atom is 0.418 e. The third kappa shape index (κ3) is 5.43. The molecular weight excluding hydrogens is 540 g/mol. The van der Waals surface area contributed by atoms with Crippen molar-refractivity contribution < 1.29 is 31.1 Å². The summed E-state index contributed by atoms with van der Waals surface area (Å²) < 4.78 is 86.9. The van der Waals surface area contributed by atoms with Crippen LogP contribution in [0.25, 0.3) is 33.2 Å². The molecule has 0 bridgehead atoms. The summed E-state index contributed by atoms with van der Waals surface area (Å²) in [5.74, 6) is 0.303. The Balaban J connectivity index is 1.60. The molecule has 0 spiro atoms. The molecule has 0 amide bonds. The van der Waals surface area contributed by atoms with Gasteiger partial charge in [-0.15, -0.1) is 0 Å². The first kappa shape index (κ1) is 26.6. The van der Waals surface area contributed by atoms with E-state index < -0.39 is 28.5 Å². The molecular formula is C30H18ClF6NO. The Bertz CT molecular complexity index is 1650. The van der Waals surface area contributed by atoms with Gasteiger partial charge in [-0.05, 0) is 35.4 Å². The molecule has 2 nitrogen and oxygen atoms in total. The molecule has 0 unspecified atom stereocenters. The van der Waals surface area contributed by atoms with Gasteiger partial charge in [-0.3, -0.25) is 4.98 Å². The van der Waals surface area contributed by atoms with Gasteiger partial charge in [-0.1, -0.05) is 78.3 Å². The molecule has 0 N–H and O–H groups in total. The number of fused-ring (bicyclic) bond motifs is 1. The zero-order valence-corrected chi connectivity index (χ0v) is 20.7. The van der Waals surface area contributed by atoms with Crippen LogP contribution in [0, 0.1) is 0 Å². The van der Waals surface area contributed by atoms with Crippen molar-refractivity contribution in [1.82, 2.24) is 4.98 Å². The summed E-state index contributed by atoms with van der Waals surface area (Å²) in [6.45, 7) is -0.243. The first-order valence-corrected chi connectivity index (χ1v) is 12.0. The number of aromatic nitrogens is 1. The Morgan fingerprint density at radius 3 is 2.05 bits per heavy atom. The second-order valence-electron chi connectivity index (χ2n) is 8.71. The molecule has 0 radical (unpaired) electrons. The van der Waals surface area contributed by atoms with Crippen molar-refractivity contribution in [2.75, 3.05) is 0 Å². The third-order valence-corrected chi connectivity index (χ3v) is 6.64. The van der Waals surface area contributed by atoms with E-state index in [9.17, 15) is 26.3 Å². The van der Waals surface area contributed by atoms with E-state index in [1.165, 1.54) is 24.4 Å². The number of hydrogen-bond acceptors (Lipinski definition) is 2. The van der Waals surface area contributed by atoms with Gasteiger partial charge in [0.1, 0.15) is 12.4 Å². The zero-order valence-electron chi connectivity index (χ0n) is 19.9. The summed E-state index contributed by atoms with van der Waals surface area (Å²) in [4.78, 5) is 4.19. The second kappa shape index (κ2) is 10.3. The normalized spacial score (nSPS) is 12.1. The van der Waals surface area contributed by atoms with Crippen LogP contribution in [0.3, 0.4) is 0 Å².